The van der Waals surface area contributed by atoms with Crippen LogP contribution in [-0.2, 0) is 16.1 Å². The third-order valence-electron chi connectivity index (χ3n) is 3.70. The molecular formula is C15H16F4N2O2. The summed E-state index contributed by atoms with van der Waals surface area (Å²) in [7, 11) is 0. The lowest BCUT2D eigenvalue weighted by Gasteiger charge is -2.25. The third kappa shape index (κ3) is 4.43. The first-order chi connectivity index (χ1) is 10.9. The third-order valence-corrected chi connectivity index (χ3v) is 3.70. The zero-order valence-corrected chi connectivity index (χ0v) is 12.2. The molecule has 0 spiro atoms. The van der Waals surface area contributed by atoms with Crippen LogP contribution in [-0.4, -0.2) is 35.7 Å². The summed E-state index contributed by atoms with van der Waals surface area (Å²) in [5.74, 6) is -2.93. The number of hydrogen-bond acceptors (Lipinski definition) is 2. The van der Waals surface area contributed by atoms with Gasteiger partial charge in [-0.05, 0) is 12.5 Å². The van der Waals surface area contributed by atoms with Gasteiger partial charge in [-0.25, -0.2) is 17.6 Å². The molecule has 1 aliphatic rings. The van der Waals surface area contributed by atoms with Gasteiger partial charge in [0.25, 0.3) is 6.43 Å². The van der Waals surface area contributed by atoms with Gasteiger partial charge in [0.1, 0.15) is 0 Å². The van der Waals surface area contributed by atoms with Crippen molar-refractivity contribution >= 4 is 11.8 Å². The zero-order valence-electron chi connectivity index (χ0n) is 12.2. The van der Waals surface area contributed by atoms with E-state index in [0.29, 0.717) is 6.42 Å². The van der Waals surface area contributed by atoms with Gasteiger partial charge in [0.05, 0.1) is 6.54 Å². The Morgan fingerprint density at radius 3 is 2.78 bits per heavy atom. The maximum absolute atomic E-state index is 13.7. The number of likely N-dealkylation sites (tertiary alicyclic amines) is 1. The average Bonchev–Trinajstić information content (AvgIpc) is 2.82. The summed E-state index contributed by atoms with van der Waals surface area (Å²) in [6.45, 7) is -0.909. The van der Waals surface area contributed by atoms with Crippen LogP contribution in [0.15, 0.2) is 18.2 Å². The van der Waals surface area contributed by atoms with Crippen molar-refractivity contribution in [2.75, 3.05) is 6.54 Å². The summed E-state index contributed by atoms with van der Waals surface area (Å²) in [4.78, 5) is 24.8. The standard InChI is InChI=1S/C15H16F4N2O2/c16-11-3-1-2-9(15(11)19)8-21-10(4-5-14(21)23)6-13(22)20-7-12(17)18/h1-3,10,12H,4-8H2,(H,20,22). The van der Waals surface area contributed by atoms with E-state index in [1.165, 1.54) is 17.0 Å². The van der Waals surface area contributed by atoms with Crippen molar-refractivity contribution < 1.29 is 27.2 Å². The second kappa shape index (κ2) is 7.43. The second-order valence-electron chi connectivity index (χ2n) is 5.33. The summed E-state index contributed by atoms with van der Waals surface area (Å²) >= 11 is 0. The van der Waals surface area contributed by atoms with E-state index in [1.807, 2.05) is 0 Å². The molecular weight excluding hydrogens is 316 g/mol. The van der Waals surface area contributed by atoms with E-state index < -0.39 is 36.6 Å². The lowest BCUT2D eigenvalue weighted by molar-refractivity contribution is -0.130. The van der Waals surface area contributed by atoms with Crippen molar-refractivity contribution in [3.63, 3.8) is 0 Å². The fraction of sp³-hybridized carbons (Fsp3) is 0.467. The molecule has 1 fully saturated rings. The van der Waals surface area contributed by atoms with E-state index in [1.54, 1.807) is 0 Å². The van der Waals surface area contributed by atoms with Crippen molar-refractivity contribution in [1.29, 1.82) is 0 Å². The Morgan fingerprint density at radius 1 is 1.35 bits per heavy atom. The predicted molar refractivity (Wildman–Crippen MR) is 73.6 cm³/mol. The minimum atomic E-state index is -2.65. The highest BCUT2D eigenvalue weighted by molar-refractivity contribution is 5.82. The van der Waals surface area contributed by atoms with Gasteiger partial charge in [-0.2, -0.15) is 0 Å². The van der Waals surface area contributed by atoms with E-state index in [0.717, 1.165) is 6.07 Å². The van der Waals surface area contributed by atoms with Crippen LogP contribution in [0, 0.1) is 11.6 Å². The quantitative estimate of drug-likeness (QED) is 0.812. The molecule has 8 heteroatoms. The van der Waals surface area contributed by atoms with Crippen LogP contribution in [0.2, 0.25) is 0 Å². The predicted octanol–water partition coefficient (Wildman–Crippen LogP) is 2.23. The number of rotatable bonds is 6. The monoisotopic (exact) mass is 332 g/mol. The molecule has 0 saturated carbocycles. The first-order valence-corrected chi connectivity index (χ1v) is 7.15. The van der Waals surface area contributed by atoms with E-state index in [4.69, 9.17) is 0 Å². The van der Waals surface area contributed by atoms with Crippen LogP contribution in [0.1, 0.15) is 24.8 Å². The maximum atomic E-state index is 13.7. The summed E-state index contributed by atoms with van der Waals surface area (Å²) in [6, 6.07) is 3.15. The molecule has 0 bridgehead atoms. The van der Waals surface area contributed by atoms with Crippen molar-refractivity contribution in [2.45, 2.75) is 38.3 Å². The SMILES string of the molecule is O=C(CC1CCC(=O)N1Cc1cccc(F)c1F)NCC(F)F. The Balaban J connectivity index is 2.02. The van der Waals surface area contributed by atoms with E-state index >= 15 is 0 Å². The first kappa shape index (κ1) is 17.2. The number of amides is 2. The Morgan fingerprint density at radius 2 is 2.09 bits per heavy atom. The largest absolute Gasteiger partial charge is 0.350 e. The number of hydrogen-bond donors (Lipinski definition) is 1. The molecule has 1 heterocycles. The fourth-order valence-electron chi connectivity index (χ4n) is 2.55. The fourth-order valence-corrected chi connectivity index (χ4v) is 2.55. The highest BCUT2D eigenvalue weighted by Crippen LogP contribution is 2.25. The molecule has 0 aromatic heterocycles. The van der Waals surface area contributed by atoms with Gasteiger partial charge in [0, 0.05) is 31.0 Å². The summed E-state index contributed by atoms with van der Waals surface area (Å²) in [5.41, 5.74) is 0.0123. The Bertz CT molecular complexity index is 595. The van der Waals surface area contributed by atoms with Gasteiger partial charge in [-0.15, -0.1) is 0 Å². The van der Waals surface area contributed by atoms with Gasteiger partial charge in [0.2, 0.25) is 11.8 Å². The van der Waals surface area contributed by atoms with E-state index in [2.05, 4.69) is 5.32 Å². The number of carbonyl (C=O) groups is 2. The van der Waals surface area contributed by atoms with E-state index in [9.17, 15) is 27.2 Å². The van der Waals surface area contributed by atoms with Gasteiger partial charge in [-0.1, -0.05) is 12.1 Å². The number of nitrogens with zero attached hydrogens (tertiary/aromatic N) is 1. The van der Waals surface area contributed by atoms with Crippen LogP contribution >= 0.6 is 0 Å². The number of carbonyl (C=O) groups excluding carboxylic acids is 2. The minimum absolute atomic E-state index is 0.0123. The van der Waals surface area contributed by atoms with Gasteiger partial charge < -0.3 is 10.2 Å². The smallest absolute Gasteiger partial charge is 0.255 e. The van der Waals surface area contributed by atoms with Crippen molar-refractivity contribution in [1.82, 2.24) is 10.2 Å². The number of alkyl halides is 2. The Hall–Kier alpha value is -2.12. The number of benzene rings is 1. The molecule has 1 N–H and O–H groups in total. The maximum Gasteiger partial charge on any atom is 0.255 e. The lowest BCUT2D eigenvalue weighted by Crippen LogP contribution is -2.38. The highest BCUT2D eigenvalue weighted by atomic mass is 19.3. The van der Waals surface area contributed by atoms with Gasteiger partial charge >= 0.3 is 0 Å². The summed E-state index contributed by atoms with van der Waals surface area (Å²) in [6.07, 6.45) is -2.24. The van der Waals surface area contributed by atoms with Crippen LogP contribution < -0.4 is 5.32 Å². The molecule has 1 aromatic rings. The zero-order chi connectivity index (χ0) is 17.0. The molecule has 1 aromatic carbocycles. The van der Waals surface area contributed by atoms with Gasteiger partial charge in [-0.3, -0.25) is 9.59 Å². The highest BCUT2D eigenvalue weighted by Gasteiger charge is 2.33. The Labute approximate surface area is 130 Å². The van der Waals surface area contributed by atoms with Crippen molar-refractivity contribution in [3.05, 3.63) is 35.4 Å². The minimum Gasteiger partial charge on any atom is -0.350 e. The molecule has 1 saturated heterocycles. The van der Waals surface area contributed by atoms with Crippen molar-refractivity contribution in [2.24, 2.45) is 0 Å². The molecule has 4 nitrogen and oxygen atoms in total. The molecule has 23 heavy (non-hydrogen) atoms. The molecule has 2 amide bonds. The normalized spacial score (nSPS) is 17.9. The molecule has 1 unspecified atom stereocenters. The van der Waals surface area contributed by atoms with Gasteiger partial charge in [0.15, 0.2) is 11.6 Å². The average molecular weight is 332 g/mol. The summed E-state index contributed by atoms with van der Waals surface area (Å²) < 4.78 is 51.0. The van der Waals surface area contributed by atoms with Crippen LogP contribution in [0.5, 0.6) is 0 Å². The van der Waals surface area contributed by atoms with Crippen LogP contribution in [0.25, 0.3) is 0 Å². The summed E-state index contributed by atoms with van der Waals surface area (Å²) in [5, 5.41) is 2.07. The molecule has 0 aliphatic carbocycles. The van der Waals surface area contributed by atoms with Crippen molar-refractivity contribution in [3.8, 4) is 0 Å². The van der Waals surface area contributed by atoms with Crippen LogP contribution in [0.4, 0.5) is 17.6 Å². The lowest BCUT2D eigenvalue weighted by atomic mass is 10.1. The topological polar surface area (TPSA) is 49.4 Å². The van der Waals surface area contributed by atoms with Crippen LogP contribution in [0.3, 0.4) is 0 Å². The Kier molecular flexibility index (Phi) is 5.57. The first-order valence-electron chi connectivity index (χ1n) is 7.15. The molecule has 1 atom stereocenters. The second-order valence-corrected chi connectivity index (χ2v) is 5.33. The molecule has 1 aliphatic heterocycles. The number of nitrogens with one attached hydrogen (secondary N) is 1. The van der Waals surface area contributed by atoms with E-state index in [-0.39, 0.29) is 30.9 Å². The molecule has 2 rings (SSSR count). The number of halogens is 4. The molecule has 0 radical (unpaired) electrons. The molecule has 126 valence electrons.